The minimum Gasteiger partial charge on any atom is -0.497 e. The van der Waals surface area contributed by atoms with Crippen LogP contribution in [0.4, 0.5) is 10.5 Å². The molecular weight excluding hydrogens is 286 g/mol. The van der Waals surface area contributed by atoms with Crippen LogP contribution >= 0.6 is 11.8 Å². The number of anilines is 1. The number of benzene rings is 2. The molecule has 3 rings (SSSR count). The van der Waals surface area contributed by atoms with E-state index in [4.69, 9.17) is 4.74 Å². The van der Waals surface area contributed by atoms with E-state index in [0.717, 1.165) is 23.1 Å². The molecular formula is C16H13NO3S. The van der Waals surface area contributed by atoms with Gasteiger partial charge in [0.1, 0.15) is 11.0 Å². The van der Waals surface area contributed by atoms with Crippen molar-refractivity contribution in [2.45, 2.75) is 5.25 Å². The second kappa shape index (κ2) is 5.61. The first-order valence-corrected chi connectivity index (χ1v) is 7.32. The number of methoxy groups -OCH3 is 1. The lowest BCUT2D eigenvalue weighted by Gasteiger charge is -2.13. The molecule has 0 aliphatic carbocycles. The summed E-state index contributed by atoms with van der Waals surface area (Å²) in [5.74, 6) is 0.516. The third-order valence-corrected chi connectivity index (χ3v) is 4.37. The van der Waals surface area contributed by atoms with E-state index in [1.165, 1.54) is 4.90 Å². The topological polar surface area (TPSA) is 46.6 Å². The van der Waals surface area contributed by atoms with E-state index in [9.17, 15) is 9.59 Å². The van der Waals surface area contributed by atoms with E-state index < -0.39 is 5.25 Å². The highest BCUT2D eigenvalue weighted by molar-refractivity contribution is 8.15. The van der Waals surface area contributed by atoms with Gasteiger partial charge in [0.15, 0.2) is 0 Å². The number of hydrogen-bond donors (Lipinski definition) is 0. The van der Waals surface area contributed by atoms with Gasteiger partial charge in [-0.25, -0.2) is 4.90 Å². The highest BCUT2D eigenvalue weighted by Crippen LogP contribution is 2.41. The fraction of sp³-hybridized carbons (Fsp3) is 0.125. The standard InChI is InChI=1S/C16H13NO3S/c1-20-13-9-7-11(8-10-13)14-15(18)17(16(19)21-14)12-5-3-2-4-6-12/h2-10,14H,1H3. The number of carbonyl (C=O) groups is 2. The first-order valence-electron chi connectivity index (χ1n) is 6.44. The van der Waals surface area contributed by atoms with Crippen molar-refractivity contribution in [2.24, 2.45) is 0 Å². The summed E-state index contributed by atoms with van der Waals surface area (Å²) in [4.78, 5) is 25.9. The Morgan fingerprint density at radius 3 is 2.29 bits per heavy atom. The maximum atomic E-state index is 12.5. The molecule has 1 heterocycles. The van der Waals surface area contributed by atoms with Gasteiger partial charge in [-0.15, -0.1) is 0 Å². The minimum absolute atomic E-state index is 0.207. The highest BCUT2D eigenvalue weighted by Gasteiger charge is 2.41. The van der Waals surface area contributed by atoms with Crippen molar-refractivity contribution in [3.63, 3.8) is 0 Å². The van der Waals surface area contributed by atoms with Gasteiger partial charge in [-0.1, -0.05) is 30.3 Å². The normalized spacial score (nSPS) is 18.1. The van der Waals surface area contributed by atoms with Crippen LogP contribution in [0.2, 0.25) is 0 Å². The Kier molecular flexibility index (Phi) is 3.66. The lowest BCUT2D eigenvalue weighted by Crippen LogP contribution is -2.28. The number of hydrogen-bond acceptors (Lipinski definition) is 4. The molecule has 0 aromatic heterocycles. The summed E-state index contributed by atoms with van der Waals surface area (Å²) < 4.78 is 5.10. The smallest absolute Gasteiger partial charge is 0.294 e. The van der Waals surface area contributed by atoms with Crippen LogP contribution in [0.15, 0.2) is 54.6 Å². The second-order valence-corrected chi connectivity index (χ2v) is 5.60. The summed E-state index contributed by atoms with van der Waals surface area (Å²) in [5, 5.41) is -0.740. The van der Waals surface area contributed by atoms with Crippen LogP contribution in [-0.4, -0.2) is 18.3 Å². The second-order valence-electron chi connectivity index (χ2n) is 4.55. The van der Waals surface area contributed by atoms with E-state index >= 15 is 0 Å². The molecule has 0 saturated carbocycles. The fourth-order valence-electron chi connectivity index (χ4n) is 2.21. The monoisotopic (exact) mass is 299 g/mol. The number of amides is 2. The van der Waals surface area contributed by atoms with Crippen LogP contribution in [0.1, 0.15) is 10.8 Å². The number of ether oxygens (including phenoxy) is 1. The summed E-state index contributed by atoms with van der Waals surface area (Å²) in [5.41, 5.74) is 1.41. The van der Waals surface area contributed by atoms with Gasteiger partial charge in [-0.05, 0) is 41.6 Å². The van der Waals surface area contributed by atoms with Crippen LogP contribution in [0.3, 0.4) is 0 Å². The Morgan fingerprint density at radius 1 is 1.00 bits per heavy atom. The summed E-state index contributed by atoms with van der Waals surface area (Å²) in [6, 6.07) is 16.2. The van der Waals surface area contributed by atoms with Crippen LogP contribution in [-0.2, 0) is 4.79 Å². The van der Waals surface area contributed by atoms with Crippen molar-refractivity contribution in [3.8, 4) is 5.75 Å². The number of carbonyl (C=O) groups excluding carboxylic acids is 2. The summed E-state index contributed by atoms with van der Waals surface area (Å²) in [6.45, 7) is 0. The third kappa shape index (κ3) is 2.52. The lowest BCUT2D eigenvalue weighted by molar-refractivity contribution is -0.117. The number of thioether (sulfide) groups is 1. The maximum absolute atomic E-state index is 12.5. The summed E-state index contributed by atoms with van der Waals surface area (Å²) in [7, 11) is 1.59. The highest BCUT2D eigenvalue weighted by atomic mass is 32.2. The van der Waals surface area contributed by atoms with Gasteiger partial charge in [-0.3, -0.25) is 9.59 Å². The van der Waals surface area contributed by atoms with E-state index in [2.05, 4.69) is 0 Å². The third-order valence-electron chi connectivity index (χ3n) is 3.28. The molecule has 106 valence electrons. The zero-order valence-corrected chi connectivity index (χ0v) is 12.2. The van der Waals surface area contributed by atoms with Crippen molar-refractivity contribution >= 4 is 28.6 Å². The number of imide groups is 1. The van der Waals surface area contributed by atoms with Crippen LogP contribution in [0, 0.1) is 0 Å². The van der Waals surface area contributed by atoms with E-state index in [-0.39, 0.29) is 11.1 Å². The molecule has 1 aliphatic heterocycles. The molecule has 0 bridgehead atoms. The Bertz CT molecular complexity index is 670. The zero-order valence-electron chi connectivity index (χ0n) is 11.4. The molecule has 2 aromatic rings. The Hall–Kier alpha value is -2.27. The van der Waals surface area contributed by atoms with Gasteiger partial charge in [-0.2, -0.15) is 0 Å². The van der Waals surface area contributed by atoms with Crippen LogP contribution in [0.25, 0.3) is 0 Å². The molecule has 0 radical (unpaired) electrons. The van der Waals surface area contributed by atoms with Gasteiger partial charge in [0, 0.05) is 0 Å². The van der Waals surface area contributed by atoms with Crippen LogP contribution < -0.4 is 9.64 Å². The molecule has 4 nitrogen and oxygen atoms in total. The Balaban J connectivity index is 1.89. The number of rotatable bonds is 3. The summed E-state index contributed by atoms with van der Waals surface area (Å²) in [6.07, 6.45) is 0. The molecule has 0 spiro atoms. The van der Waals surface area contributed by atoms with E-state index in [0.29, 0.717) is 5.69 Å². The molecule has 2 amide bonds. The molecule has 1 fully saturated rings. The average molecular weight is 299 g/mol. The first-order chi connectivity index (χ1) is 10.2. The van der Waals surface area contributed by atoms with Gasteiger partial charge >= 0.3 is 0 Å². The molecule has 1 aliphatic rings. The molecule has 1 unspecified atom stereocenters. The van der Waals surface area contributed by atoms with E-state index in [1.54, 1.807) is 43.5 Å². The van der Waals surface area contributed by atoms with Gasteiger partial charge < -0.3 is 4.74 Å². The van der Waals surface area contributed by atoms with E-state index in [1.807, 2.05) is 18.2 Å². The number of para-hydroxylation sites is 1. The van der Waals surface area contributed by atoms with Crippen molar-refractivity contribution in [2.75, 3.05) is 12.0 Å². The minimum atomic E-state index is -0.497. The molecule has 1 saturated heterocycles. The SMILES string of the molecule is COc1ccc(C2SC(=O)N(c3ccccc3)C2=O)cc1. The molecule has 5 heteroatoms. The van der Waals surface area contributed by atoms with Gasteiger partial charge in [0.05, 0.1) is 12.8 Å². The van der Waals surface area contributed by atoms with Crippen molar-refractivity contribution in [1.82, 2.24) is 0 Å². The van der Waals surface area contributed by atoms with Crippen LogP contribution in [0.5, 0.6) is 5.75 Å². The zero-order chi connectivity index (χ0) is 14.8. The predicted molar refractivity (Wildman–Crippen MR) is 82.7 cm³/mol. The largest absolute Gasteiger partial charge is 0.497 e. The number of nitrogens with zero attached hydrogens (tertiary/aromatic N) is 1. The molecule has 21 heavy (non-hydrogen) atoms. The van der Waals surface area contributed by atoms with Gasteiger partial charge in [0.25, 0.3) is 11.1 Å². The van der Waals surface area contributed by atoms with Crippen molar-refractivity contribution < 1.29 is 14.3 Å². The Labute approximate surface area is 126 Å². The predicted octanol–water partition coefficient (Wildman–Crippen LogP) is 3.64. The maximum Gasteiger partial charge on any atom is 0.294 e. The summed E-state index contributed by atoms with van der Waals surface area (Å²) >= 11 is 1.04. The van der Waals surface area contributed by atoms with Gasteiger partial charge in [0.2, 0.25) is 0 Å². The fourth-order valence-corrected chi connectivity index (χ4v) is 3.21. The van der Waals surface area contributed by atoms with Crippen molar-refractivity contribution in [3.05, 3.63) is 60.2 Å². The average Bonchev–Trinajstić information content (AvgIpc) is 2.83. The first kappa shape index (κ1) is 13.7. The Morgan fingerprint density at radius 2 is 1.67 bits per heavy atom. The molecule has 0 N–H and O–H groups in total. The lowest BCUT2D eigenvalue weighted by atomic mass is 10.1. The molecule has 2 aromatic carbocycles. The molecule has 1 atom stereocenters. The van der Waals surface area contributed by atoms with Crippen molar-refractivity contribution in [1.29, 1.82) is 0 Å². The quantitative estimate of drug-likeness (QED) is 0.868.